The van der Waals surface area contributed by atoms with E-state index >= 15 is 0 Å². The fourth-order valence-corrected chi connectivity index (χ4v) is 1.74. The third kappa shape index (κ3) is 2.68. The van der Waals surface area contributed by atoms with Crippen LogP contribution in [0, 0.1) is 0 Å². The van der Waals surface area contributed by atoms with Crippen LogP contribution in [-0.2, 0) is 4.74 Å². The Hall–Kier alpha value is -1.88. The lowest BCUT2D eigenvalue weighted by Gasteiger charge is -2.16. The minimum absolute atomic E-state index is 0.00815. The molecule has 96 valence electrons. The Kier molecular flexibility index (Phi) is 3.94. The van der Waals surface area contributed by atoms with Gasteiger partial charge in [-0.15, -0.1) is 0 Å². The summed E-state index contributed by atoms with van der Waals surface area (Å²) in [6, 6.07) is 5.46. The molecular formula is C13H17N3O2. The number of likely N-dealkylation sites (N-methyl/N-ethyl adjacent to an activating group) is 1. The number of rotatable bonds is 5. The summed E-state index contributed by atoms with van der Waals surface area (Å²) in [4.78, 5) is 20.9. The number of hydrogen-bond donors (Lipinski definition) is 1. The van der Waals surface area contributed by atoms with Gasteiger partial charge >= 0.3 is 0 Å². The summed E-state index contributed by atoms with van der Waals surface area (Å²) in [5.74, 6) is -0.00815. The van der Waals surface area contributed by atoms with Gasteiger partial charge in [0.05, 0.1) is 24.0 Å². The molecule has 2 aromatic rings. The van der Waals surface area contributed by atoms with Gasteiger partial charge in [-0.05, 0) is 25.1 Å². The predicted octanol–water partition coefficient (Wildman–Crippen LogP) is 1.67. The summed E-state index contributed by atoms with van der Waals surface area (Å²) in [7, 11) is 1.78. The highest BCUT2D eigenvalue weighted by atomic mass is 16.5. The normalized spacial score (nSPS) is 10.8. The summed E-state index contributed by atoms with van der Waals surface area (Å²) in [5.41, 5.74) is 2.40. The molecule has 0 atom stereocenters. The summed E-state index contributed by atoms with van der Waals surface area (Å²) in [6.45, 7) is 3.76. The van der Waals surface area contributed by atoms with Gasteiger partial charge in [-0.1, -0.05) is 0 Å². The average Bonchev–Trinajstić information content (AvgIpc) is 2.85. The number of aromatic amines is 1. The molecule has 0 bridgehead atoms. The van der Waals surface area contributed by atoms with Crippen LogP contribution in [0.3, 0.4) is 0 Å². The zero-order valence-corrected chi connectivity index (χ0v) is 10.6. The van der Waals surface area contributed by atoms with Crippen molar-refractivity contribution in [2.45, 2.75) is 6.92 Å². The third-order valence-electron chi connectivity index (χ3n) is 2.79. The molecule has 0 aliphatic heterocycles. The molecule has 1 amide bonds. The number of aromatic nitrogens is 2. The molecule has 0 saturated heterocycles. The van der Waals surface area contributed by atoms with Crippen molar-refractivity contribution in [1.29, 1.82) is 0 Å². The average molecular weight is 247 g/mol. The minimum Gasteiger partial charge on any atom is -0.380 e. The first-order chi connectivity index (χ1) is 8.72. The van der Waals surface area contributed by atoms with Gasteiger partial charge in [0.15, 0.2) is 0 Å². The van der Waals surface area contributed by atoms with Gasteiger partial charge in [0, 0.05) is 25.8 Å². The molecule has 0 saturated carbocycles. The number of carbonyl (C=O) groups is 1. The molecule has 0 aliphatic rings. The second-order valence-corrected chi connectivity index (χ2v) is 4.06. The fraction of sp³-hybridized carbons (Fsp3) is 0.385. The van der Waals surface area contributed by atoms with Crippen molar-refractivity contribution < 1.29 is 9.53 Å². The Bertz CT molecular complexity index is 536. The maximum Gasteiger partial charge on any atom is 0.253 e. The highest BCUT2D eigenvalue weighted by Crippen LogP contribution is 2.12. The predicted molar refractivity (Wildman–Crippen MR) is 69.5 cm³/mol. The monoisotopic (exact) mass is 247 g/mol. The Labute approximate surface area is 106 Å². The maximum atomic E-state index is 12.1. The Morgan fingerprint density at radius 2 is 2.33 bits per heavy atom. The molecule has 5 nitrogen and oxygen atoms in total. The topological polar surface area (TPSA) is 58.2 Å². The van der Waals surface area contributed by atoms with Crippen LogP contribution in [0.5, 0.6) is 0 Å². The second-order valence-electron chi connectivity index (χ2n) is 4.06. The second kappa shape index (κ2) is 5.64. The van der Waals surface area contributed by atoms with Crippen molar-refractivity contribution in [3.63, 3.8) is 0 Å². The van der Waals surface area contributed by atoms with Crippen molar-refractivity contribution in [1.82, 2.24) is 14.9 Å². The van der Waals surface area contributed by atoms with Crippen LogP contribution in [0.25, 0.3) is 11.0 Å². The van der Waals surface area contributed by atoms with Gasteiger partial charge in [0.2, 0.25) is 0 Å². The van der Waals surface area contributed by atoms with E-state index in [1.165, 1.54) is 0 Å². The number of hydrogen-bond acceptors (Lipinski definition) is 3. The van der Waals surface area contributed by atoms with Crippen LogP contribution in [0.2, 0.25) is 0 Å². The Morgan fingerprint density at radius 3 is 3.11 bits per heavy atom. The van der Waals surface area contributed by atoms with Crippen LogP contribution in [0.4, 0.5) is 0 Å². The summed E-state index contributed by atoms with van der Waals surface area (Å²) < 4.78 is 5.24. The van der Waals surface area contributed by atoms with E-state index in [0.717, 1.165) is 11.0 Å². The van der Waals surface area contributed by atoms with Gasteiger partial charge in [0.1, 0.15) is 0 Å². The van der Waals surface area contributed by atoms with E-state index < -0.39 is 0 Å². The number of ether oxygens (including phenoxy) is 1. The zero-order valence-electron chi connectivity index (χ0n) is 10.6. The van der Waals surface area contributed by atoms with E-state index in [0.29, 0.717) is 25.3 Å². The first kappa shape index (κ1) is 12.6. The fourth-order valence-electron chi connectivity index (χ4n) is 1.74. The minimum atomic E-state index is -0.00815. The van der Waals surface area contributed by atoms with Crippen LogP contribution in [-0.4, -0.2) is 47.6 Å². The number of imidazole rings is 1. The largest absolute Gasteiger partial charge is 0.380 e. The summed E-state index contributed by atoms with van der Waals surface area (Å²) in [6.07, 6.45) is 1.62. The van der Waals surface area contributed by atoms with Crippen LogP contribution in [0.15, 0.2) is 24.5 Å². The standard InChI is InChI=1S/C13H17N3O2/c1-3-18-7-6-16(2)13(17)10-4-5-11-12(8-10)15-9-14-11/h4-5,8-9H,3,6-7H2,1-2H3,(H,14,15). The van der Waals surface area contributed by atoms with Crippen molar-refractivity contribution in [3.05, 3.63) is 30.1 Å². The lowest BCUT2D eigenvalue weighted by Crippen LogP contribution is -2.30. The first-order valence-corrected chi connectivity index (χ1v) is 5.98. The van der Waals surface area contributed by atoms with E-state index in [1.54, 1.807) is 24.3 Å². The molecule has 2 rings (SSSR count). The molecule has 1 N–H and O–H groups in total. The van der Waals surface area contributed by atoms with E-state index in [-0.39, 0.29) is 5.91 Å². The number of carbonyl (C=O) groups excluding carboxylic acids is 1. The van der Waals surface area contributed by atoms with E-state index in [1.807, 2.05) is 19.1 Å². The lowest BCUT2D eigenvalue weighted by molar-refractivity contribution is 0.0710. The van der Waals surface area contributed by atoms with Gasteiger partial charge in [-0.2, -0.15) is 0 Å². The van der Waals surface area contributed by atoms with Crippen molar-refractivity contribution >= 4 is 16.9 Å². The lowest BCUT2D eigenvalue weighted by atomic mass is 10.2. The van der Waals surface area contributed by atoms with Crippen LogP contribution < -0.4 is 0 Å². The van der Waals surface area contributed by atoms with Crippen molar-refractivity contribution in [3.8, 4) is 0 Å². The molecule has 18 heavy (non-hydrogen) atoms. The van der Waals surface area contributed by atoms with Gasteiger partial charge in [0.25, 0.3) is 5.91 Å². The van der Waals surface area contributed by atoms with Gasteiger partial charge < -0.3 is 14.6 Å². The van der Waals surface area contributed by atoms with Gasteiger partial charge in [-0.3, -0.25) is 4.79 Å². The summed E-state index contributed by atoms with van der Waals surface area (Å²) >= 11 is 0. The molecule has 0 fully saturated rings. The molecule has 1 aromatic carbocycles. The van der Waals surface area contributed by atoms with Crippen LogP contribution >= 0.6 is 0 Å². The van der Waals surface area contributed by atoms with Gasteiger partial charge in [-0.25, -0.2) is 4.98 Å². The van der Waals surface area contributed by atoms with Crippen molar-refractivity contribution in [2.24, 2.45) is 0 Å². The Morgan fingerprint density at radius 1 is 1.50 bits per heavy atom. The quantitative estimate of drug-likeness (QED) is 0.818. The molecule has 1 aromatic heterocycles. The number of nitrogens with zero attached hydrogens (tertiary/aromatic N) is 2. The molecule has 1 heterocycles. The molecule has 0 unspecified atom stereocenters. The molecule has 0 spiro atoms. The summed E-state index contributed by atoms with van der Waals surface area (Å²) in [5, 5.41) is 0. The molecule has 0 radical (unpaired) electrons. The first-order valence-electron chi connectivity index (χ1n) is 5.98. The molecule has 0 aliphatic carbocycles. The molecule has 5 heteroatoms. The number of H-pyrrole nitrogens is 1. The highest BCUT2D eigenvalue weighted by molar-refractivity contribution is 5.97. The Balaban J connectivity index is 2.07. The van der Waals surface area contributed by atoms with E-state index in [2.05, 4.69) is 9.97 Å². The SMILES string of the molecule is CCOCCN(C)C(=O)c1ccc2nc[nH]c2c1. The zero-order chi connectivity index (χ0) is 13.0. The van der Waals surface area contributed by atoms with E-state index in [4.69, 9.17) is 4.74 Å². The number of fused-ring (bicyclic) bond motifs is 1. The smallest absolute Gasteiger partial charge is 0.253 e. The van der Waals surface area contributed by atoms with E-state index in [9.17, 15) is 4.79 Å². The number of amides is 1. The maximum absolute atomic E-state index is 12.1. The highest BCUT2D eigenvalue weighted by Gasteiger charge is 2.12. The number of benzene rings is 1. The number of nitrogens with one attached hydrogen (secondary N) is 1. The van der Waals surface area contributed by atoms with Crippen LogP contribution in [0.1, 0.15) is 17.3 Å². The third-order valence-corrected chi connectivity index (χ3v) is 2.79. The molecular weight excluding hydrogens is 230 g/mol. The van der Waals surface area contributed by atoms with Crippen molar-refractivity contribution in [2.75, 3.05) is 26.8 Å².